The first kappa shape index (κ1) is 17.3. The highest BCUT2D eigenvalue weighted by atomic mass is 35.5. The first-order valence-corrected chi connectivity index (χ1v) is 8.24. The van der Waals surface area contributed by atoms with Gasteiger partial charge in [-0.1, -0.05) is 23.2 Å². The Labute approximate surface area is 161 Å². The van der Waals surface area contributed by atoms with Gasteiger partial charge in [-0.05, 0) is 23.8 Å². The molecule has 2 aromatic rings. The predicted octanol–water partition coefficient (Wildman–Crippen LogP) is 3.97. The number of non-ortho nitro benzene ring substituents is 1. The van der Waals surface area contributed by atoms with Gasteiger partial charge in [-0.15, -0.1) is 0 Å². The number of cyclic esters (lactones) is 1. The molecule has 0 unspecified atom stereocenters. The zero-order valence-corrected chi connectivity index (χ0v) is 14.8. The van der Waals surface area contributed by atoms with Crippen molar-refractivity contribution in [2.24, 2.45) is 4.99 Å². The average Bonchev–Trinajstić information content (AvgIpc) is 3.21. The highest BCUT2D eigenvalue weighted by molar-refractivity contribution is 6.35. The van der Waals surface area contributed by atoms with E-state index in [1.165, 1.54) is 18.2 Å². The van der Waals surface area contributed by atoms with Crippen molar-refractivity contribution in [3.63, 3.8) is 0 Å². The molecule has 0 saturated carbocycles. The van der Waals surface area contributed by atoms with E-state index in [9.17, 15) is 14.9 Å². The smallest absolute Gasteiger partial charge is 0.363 e. The predicted molar refractivity (Wildman–Crippen MR) is 96.3 cm³/mol. The van der Waals surface area contributed by atoms with Gasteiger partial charge in [-0.2, -0.15) is 0 Å². The Bertz CT molecular complexity index is 1060. The van der Waals surface area contributed by atoms with E-state index in [-0.39, 0.29) is 34.7 Å². The van der Waals surface area contributed by atoms with E-state index in [0.29, 0.717) is 22.1 Å². The zero-order chi connectivity index (χ0) is 19.1. The second kappa shape index (κ2) is 6.57. The molecule has 2 heterocycles. The number of nitrogens with zero attached hydrogens (tertiary/aromatic N) is 2. The number of halogens is 2. The summed E-state index contributed by atoms with van der Waals surface area (Å²) in [5.41, 5.74) is 0.570. The third-order valence-electron chi connectivity index (χ3n) is 3.80. The normalized spacial score (nSPS) is 16.4. The average molecular weight is 407 g/mol. The third-order valence-corrected chi connectivity index (χ3v) is 4.44. The van der Waals surface area contributed by atoms with Gasteiger partial charge in [0.25, 0.3) is 5.69 Å². The van der Waals surface area contributed by atoms with E-state index in [0.717, 1.165) is 6.07 Å². The van der Waals surface area contributed by atoms with Crippen molar-refractivity contribution in [1.29, 1.82) is 0 Å². The molecule has 2 aliphatic rings. The molecule has 136 valence electrons. The minimum atomic E-state index is -0.701. The molecule has 0 aliphatic carbocycles. The van der Waals surface area contributed by atoms with Crippen LogP contribution in [-0.4, -0.2) is 23.6 Å². The number of esters is 1. The lowest BCUT2D eigenvalue weighted by Crippen LogP contribution is -2.06. The lowest BCUT2D eigenvalue weighted by molar-refractivity contribution is -0.384. The van der Waals surface area contributed by atoms with Crippen LogP contribution in [0.15, 0.2) is 41.0 Å². The number of nitro groups is 1. The number of aliphatic imine (C=N–C) groups is 1. The van der Waals surface area contributed by atoms with Crippen LogP contribution in [0.25, 0.3) is 6.08 Å². The molecule has 0 amide bonds. The molecule has 0 spiro atoms. The minimum absolute atomic E-state index is 0.000171. The number of hydrogen-bond donors (Lipinski definition) is 0. The fourth-order valence-electron chi connectivity index (χ4n) is 2.51. The van der Waals surface area contributed by atoms with Gasteiger partial charge >= 0.3 is 5.97 Å². The van der Waals surface area contributed by atoms with Crippen LogP contribution >= 0.6 is 23.2 Å². The molecule has 0 atom stereocenters. The first-order valence-electron chi connectivity index (χ1n) is 7.48. The van der Waals surface area contributed by atoms with Crippen LogP contribution in [0, 0.1) is 10.1 Å². The molecular weight excluding hydrogens is 399 g/mol. The molecular formula is C17H8Cl2N2O6. The second-order valence-corrected chi connectivity index (χ2v) is 6.30. The van der Waals surface area contributed by atoms with Crippen LogP contribution in [0.5, 0.6) is 11.5 Å². The highest BCUT2D eigenvalue weighted by Crippen LogP contribution is 2.38. The molecule has 4 rings (SSSR count). The van der Waals surface area contributed by atoms with E-state index in [1.807, 2.05) is 0 Å². The Morgan fingerprint density at radius 2 is 1.85 bits per heavy atom. The van der Waals surface area contributed by atoms with Crippen LogP contribution < -0.4 is 9.47 Å². The van der Waals surface area contributed by atoms with Gasteiger partial charge in [-0.3, -0.25) is 10.1 Å². The summed E-state index contributed by atoms with van der Waals surface area (Å²) < 4.78 is 15.7. The van der Waals surface area contributed by atoms with Gasteiger partial charge in [0.1, 0.15) is 0 Å². The van der Waals surface area contributed by atoms with Crippen LogP contribution in [0.2, 0.25) is 10.0 Å². The third kappa shape index (κ3) is 3.20. The molecule has 0 fully saturated rings. The lowest BCUT2D eigenvalue weighted by Gasteiger charge is -2.02. The van der Waals surface area contributed by atoms with Crippen LogP contribution in [0.4, 0.5) is 5.69 Å². The maximum absolute atomic E-state index is 12.1. The summed E-state index contributed by atoms with van der Waals surface area (Å²) in [6.07, 6.45) is 1.44. The van der Waals surface area contributed by atoms with E-state index in [2.05, 4.69) is 4.99 Å². The summed E-state index contributed by atoms with van der Waals surface area (Å²) in [6.45, 7) is 0.0919. The molecule has 0 N–H and O–H groups in total. The summed E-state index contributed by atoms with van der Waals surface area (Å²) in [5, 5.41) is 11.2. The van der Waals surface area contributed by atoms with Gasteiger partial charge in [0, 0.05) is 18.2 Å². The van der Waals surface area contributed by atoms with Gasteiger partial charge in [0.2, 0.25) is 12.7 Å². The summed E-state index contributed by atoms with van der Waals surface area (Å²) in [4.78, 5) is 26.5. The van der Waals surface area contributed by atoms with E-state index in [4.69, 9.17) is 37.4 Å². The number of rotatable bonds is 3. The Morgan fingerprint density at radius 1 is 1.11 bits per heavy atom. The summed E-state index contributed by atoms with van der Waals surface area (Å²) in [5.74, 6) is 0.259. The number of carbonyl (C=O) groups is 1. The number of nitro benzene ring substituents is 1. The zero-order valence-electron chi connectivity index (χ0n) is 13.3. The molecule has 0 aromatic heterocycles. The molecule has 8 nitrogen and oxygen atoms in total. The van der Waals surface area contributed by atoms with Crippen molar-refractivity contribution < 1.29 is 23.9 Å². The molecule has 0 radical (unpaired) electrons. The number of benzene rings is 2. The lowest BCUT2D eigenvalue weighted by atomic mass is 10.1. The quantitative estimate of drug-likeness (QED) is 0.330. The monoisotopic (exact) mass is 406 g/mol. The fourth-order valence-corrected chi connectivity index (χ4v) is 2.97. The van der Waals surface area contributed by atoms with Crippen molar-refractivity contribution in [3.8, 4) is 11.5 Å². The topological polar surface area (TPSA) is 100 Å². The fraction of sp³-hybridized carbons (Fsp3) is 0.0588. The second-order valence-electron chi connectivity index (χ2n) is 5.48. The maximum atomic E-state index is 12.1. The number of ether oxygens (including phenoxy) is 3. The van der Waals surface area contributed by atoms with Crippen molar-refractivity contribution in [2.75, 3.05) is 6.79 Å². The van der Waals surface area contributed by atoms with Gasteiger partial charge in [-0.25, -0.2) is 9.79 Å². The molecule has 0 bridgehead atoms. The summed E-state index contributed by atoms with van der Waals surface area (Å²) >= 11 is 12.2. The van der Waals surface area contributed by atoms with Gasteiger partial charge in [0.05, 0.1) is 20.5 Å². The Balaban J connectivity index is 1.70. The molecule has 10 heteroatoms. The molecule has 2 aromatic carbocycles. The summed E-state index contributed by atoms with van der Waals surface area (Å²) in [7, 11) is 0. The van der Waals surface area contributed by atoms with Gasteiger partial charge < -0.3 is 14.2 Å². The standard InChI is InChI=1S/C17H8Cl2N2O6/c18-11-6-15-14(25-7-26-15)4-8(11)3-13-17(22)27-16(20-13)10-2-1-9(21(23)24)5-12(10)19/h1-6H,7H2/b13-3+. The molecule has 27 heavy (non-hydrogen) atoms. The molecule has 0 saturated heterocycles. The Morgan fingerprint density at radius 3 is 2.56 bits per heavy atom. The van der Waals surface area contributed by atoms with Crippen LogP contribution in [-0.2, 0) is 9.53 Å². The Kier molecular flexibility index (Phi) is 4.21. The molecule has 2 aliphatic heterocycles. The van der Waals surface area contributed by atoms with Gasteiger partial charge in [0.15, 0.2) is 17.2 Å². The van der Waals surface area contributed by atoms with E-state index >= 15 is 0 Å². The largest absolute Gasteiger partial charge is 0.454 e. The number of hydrogen-bond acceptors (Lipinski definition) is 7. The SMILES string of the molecule is O=C1OC(c2ccc([N+](=O)[O-])cc2Cl)=N/C1=C/c1cc2c(cc1Cl)OCO2. The maximum Gasteiger partial charge on any atom is 0.363 e. The first-order chi connectivity index (χ1) is 12.9. The van der Waals surface area contributed by atoms with Crippen molar-refractivity contribution in [2.45, 2.75) is 0 Å². The Hall–Kier alpha value is -3.10. The van der Waals surface area contributed by atoms with Crippen molar-refractivity contribution in [3.05, 3.63) is 67.3 Å². The number of fused-ring (bicyclic) bond motifs is 1. The van der Waals surface area contributed by atoms with Crippen molar-refractivity contribution in [1.82, 2.24) is 0 Å². The van der Waals surface area contributed by atoms with Crippen molar-refractivity contribution >= 4 is 46.8 Å². The van der Waals surface area contributed by atoms with Crippen LogP contribution in [0.1, 0.15) is 11.1 Å². The minimum Gasteiger partial charge on any atom is -0.454 e. The van der Waals surface area contributed by atoms with Crippen LogP contribution in [0.3, 0.4) is 0 Å². The van der Waals surface area contributed by atoms with E-state index < -0.39 is 10.9 Å². The highest BCUT2D eigenvalue weighted by Gasteiger charge is 2.27. The number of carbonyl (C=O) groups excluding carboxylic acids is 1. The van der Waals surface area contributed by atoms with E-state index in [1.54, 1.807) is 12.1 Å². The summed E-state index contributed by atoms with van der Waals surface area (Å²) in [6, 6.07) is 6.96.